The summed E-state index contributed by atoms with van der Waals surface area (Å²) < 4.78 is 0. The van der Waals surface area contributed by atoms with Crippen molar-refractivity contribution in [3.05, 3.63) is 83.9 Å². The van der Waals surface area contributed by atoms with Gasteiger partial charge < -0.3 is 25.5 Å². The lowest BCUT2D eigenvalue weighted by molar-refractivity contribution is 0.126. The second-order valence-corrected chi connectivity index (χ2v) is 7.54. The molecule has 0 spiro atoms. The number of hydrogen-bond donors (Lipinski definition) is 4. The molecular weight excluding hydrogens is 394 g/mol. The quantitative estimate of drug-likeness (QED) is 0.382. The van der Waals surface area contributed by atoms with Crippen LogP contribution in [0.15, 0.2) is 72.8 Å². The van der Waals surface area contributed by atoms with E-state index in [0.29, 0.717) is 26.2 Å². The lowest BCUT2D eigenvalue weighted by Crippen LogP contribution is -2.51. The van der Waals surface area contributed by atoms with Gasteiger partial charge in [0.25, 0.3) is 0 Å². The molecule has 7 nitrogen and oxygen atoms in total. The standard InChI is InChI=1S/C24H25N3O4/c28-20-15-19(16-21(29)23(20)30)25-24(31)27-13-11-26(12-14-27)22(17-7-3-1-4-8-17)18-9-5-2-6-10-18/h1-10,15-16,22,28-30H,11-14H2,(H,25,31). The van der Waals surface area contributed by atoms with Gasteiger partial charge in [-0.25, -0.2) is 4.79 Å². The molecule has 1 aliphatic heterocycles. The number of urea groups is 1. The molecule has 1 aliphatic rings. The zero-order chi connectivity index (χ0) is 21.8. The average molecular weight is 419 g/mol. The van der Waals surface area contributed by atoms with E-state index >= 15 is 0 Å². The van der Waals surface area contributed by atoms with Crippen LogP contribution in [0.5, 0.6) is 17.2 Å². The molecule has 3 aromatic carbocycles. The van der Waals surface area contributed by atoms with Crippen molar-refractivity contribution >= 4 is 11.7 Å². The van der Waals surface area contributed by atoms with Crippen LogP contribution in [0.2, 0.25) is 0 Å². The number of aromatic hydroxyl groups is 3. The third-order valence-electron chi connectivity index (χ3n) is 5.52. The molecule has 3 aromatic rings. The first-order chi connectivity index (χ1) is 15.0. The van der Waals surface area contributed by atoms with Crippen molar-refractivity contribution in [2.75, 3.05) is 31.5 Å². The summed E-state index contributed by atoms with van der Waals surface area (Å²) in [5, 5.41) is 31.4. The Morgan fingerprint density at radius 1 is 0.774 bits per heavy atom. The molecule has 1 fully saturated rings. The smallest absolute Gasteiger partial charge is 0.321 e. The Morgan fingerprint density at radius 3 is 1.74 bits per heavy atom. The molecule has 0 bridgehead atoms. The van der Waals surface area contributed by atoms with Gasteiger partial charge in [0.05, 0.1) is 11.7 Å². The molecule has 31 heavy (non-hydrogen) atoms. The molecule has 1 heterocycles. The molecule has 0 radical (unpaired) electrons. The highest BCUT2D eigenvalue weighted by Crippen LogP contribution is 2.37. The molecule has 7 heteroatoms. The van der Waals surface area contributed by atoms with Gasteiger partial charge in [-0.3, -0.25) is 4.90 Å². The fraction of sp³-hybridized carbons (Fsp3) is 0.208. The van der Waals surface area contributed by atoms with Crippen LogP contribution in [0.25, 0.3) is 0 Å². The molecule has 1 saturated heterocycles. The SMILES string of the molecule is O=C(Nc1cc(O)c(O)c(O)c1)N1CCN(C(c2ccccc2)c2ccccc2)CC1. The summed E-state index contributed by atoms with van der Waals surface area (Å²) in [7, 11) is 0. The Balaban J connectivity index is 1.45. The van der Waals surface area contributed by atoms with Crippen LogP contribution in [-0.2, 0) is 0 Å². The second-order valence-electron chi connectivity index (χ2n) is 7.54. The van der Waals surface area contributed by atoms with E-state index in [0.717, 1.165) is 0 Å². The molecular formula is C24H25N3O4. The Hall–Kier alpha value is -3.71. The van der Waals surface area contributed by atoms with Crippen LogP contribution in [0.4, 0.5) is 10.5 Å². The summed E-state index contributed by atoms with van der Waals surface area (Å²) in [4.78, 5) is 16.7. The highest BCUT2D eigenvalue weighted by atomic mass is 16.3. The maximum absolute atomic E-state index is 12.7. The predicted octanol–water partition coefficient (Wildman–Crippen LogP) is 3.74. The van der Waals surface area contributed by atoms with Gasteiger partial charge in [0.1, 0.15) is 0 Å². The van der Waals surface area contributed by atoms with E-state index in [1.807, 2.05) is 36.4 Å². The Morgan fingerprint density at radius 2 is 1.26 bits per heavy atom. The molecule has 4 rings (SSSR count). The van der Waals surface area contributed by atoms with Crippen LogP contribution in [0.1, 0.15) is 17.2 Å². The maximum atomic E-state index is 12.7. The molecule has 2 amide bonds. The van der Waals surface area contributed by atoms with E-state index in [2.05, 4.69) is 34.5 Å². The van der Waals surface area contributed by atoms with Gasteiger partial charge >= 0.3 is 6.03 Å². The normalized spacial score (nSPS) is 14.5. The van der Waals surface area contributed by atoms with E-state index in [1.165, 1.54) is 23.3 Å². The number of carbonyl (C=O) groups excluding carboxylic acids is 1. The van der Waals surface area contributed by atoms with Crippen LogP contribution in [-0.4, -0.2) is 57.3 Å². The van der Waals surface area contributed by atoms with Gasteiger partial charge in [0.2, 0.25) is 0 Å². The van der Waals surface area contributed by atoms with Crippen molar-refractivity contribution in [3.63, 3.8) is 0 Å². The fourth-order valence-electron chi connectivity index (χ4n) is 3.95. The number of benzene rings is 3. The van der Waals surface area contributed by atoms with E-state index in [1.54, 1.807) is 4.90 Å². The highest BCUT2D eigenvalue weighted by molar-refractivity contribution is 5.90. The Labute approximate surface area is 180 Å². The van der Waals surface area contributed by atoms with Crippen LogP contribution in [0.3, 0.4) is 0 Å². The number of hydrogen-bond acceptors (Lipinski definition) is 5. The maximum Gasteiger partial charge on any atom is 0.321 e. The Kier molecular flexibility index (Phi) is 5.95. The van der Waals surface area contributed by atoms with Gasteiger partial charge in [0, 0.05) is 38.3 Å². The fourth-order valence-corrected chi connectivity index (χ4v) is 3.95. The van der Waals surface area contributed by atoms with Crippen molar-refractivity contribution in [2.45, 2.75) is 6.04 Å². The minimum atomic E-state index is -0.612. The summed E-state index contributed by atoms with van der Waals surface area (Å²) in [6.07, 6.45) is 0. The number of carbonyl (C=O) groups is 1. The van der Waals surface area contributed by atoms with Crippen molar-refractivity contribution < 1.29 is 20.1 Å². The first-order valence-electron chi connectivity index (χ1n) is 10.2. The average Bonchev–Trinajstić information content (AvgIpc) is 2.79. The molecule has 0 aliphatic carbocycles. The van der Waals surface area contributed by atoms with Crippen molar-refractivity contribution in [2.24, 2.45) is 0 Å². The second kappa shape index (κ2) is 8.97. The number of nitrogens with one attached hydrogen (secondary N) is 1. The molecule has 160 valence electrons. The van der Waals surface area contributed by atoms with Crippen molar-refractivity contribution in [3.8, 4) is 17.2 Å². The van der Waals surface area contributed by atoms with Crippen LogP contribution in [0, 0.1) is 0 Å². The predicted molar refractivity (Wildman–Crippen MR) is 118 cm³/mol. The summed E-state index contributed by atoms with van der Waals surface area (Å²) in [5.41, 5.74) is 2.63. The van der Waals surface area contributed by atoms with Gasteiger partial charge in [-0.1, -0.05) is 60.7 Å². The minimum absolute atomic E-state index is 0.110. The third-order valence-corrected chi connectivity index (χ3v) is 5.52. The van der Waals surface area contributed by atoms with Crippen molar-refractivity contribution in [1.29, 1.82) is 0 Å². The van der Waals surface area contributed by atoms with Crippen LogP contribution >= 0.6 is 0 Å². The summed E-state index contributed by atoms with van der Waals surface area (Å²) in [6, 6.07) is 22.9. The van der Waals surface area contributed by atoms with Crippen molar-refractivity contribution in [1.82, 2.24) is 9.80 Å². The van der Waals surface area contributed by atoms with E-state index in [4.69, 9.17) is 0 Å². The number of phenolic OH excluding ortho intramolecular Hbond substituents is 3. The monoisotopic (exact) mass is 419 g/mol. The number of piperazine rings is 1. The van der Waals surface area contributed by atoms with E-state index < -0.39 is 17.2 Å². The van der Waals surface area contributed by atoms with Gasteiger partial charge in [-0.15, -0.1) is 0 Å². The van der Waals surface area contributed by atoms with E-state index in [-0.39, 0.29) is 17.8 Å². The Bertz CT molecular complexity index is 973. The molecule has 0 saturated carbocycles. The van der Waals surface area contributed by atoms with Gasteiger partial charge in [-0.2, -0.15) is 0 Å². The molecule has 0 aromatic heterocycles. The third kappa shape index (κ3) is 4.57. The van der Waals surface area contributed by atoms with Gasteiger partial charge in [0.15, 0.2) is 17.2 Å². The largest absolute Gasteiger partial charge is 0.504 e. The number of phenols is 3. The first kappa shape index (κ1) is 20.6. The number of rotatable bonds is 4. The lowest BCUT2D eigenvalue weighted by atomic mass is 9.96. The number of nitrogens with zero attached hydrogens (tertiary/aromatic N) is 2. The summed E-state index contributed by atoms with van der Waals surface area (Å²) in [5.74, 6) is -1.60. The highest BCUT2D eigenvalue weighted by Gasteiger charge is 2.28. The van der Waals surface area contributed by atoms with Gasteiger partial charge in [-0.05, 0) is 11.1 Å². The first-order valence-corrected chi connectivity index (χ1v) is 10.2. The number of anilines is 1. The summed E-state index contributed by atoms with van der Waals surface area (Å²) >= 11 is 0. The van der Waals surface area contributed by atoms with Crippen LogP contribution < -0.4 is 5.32 Å². The zero-order valence-electron chi connectivity index (χ0n) is 17.0. The lowest BCUT2D eigenvalue weighted by Gasteiger charge is -2.39. The van der Waals surface area contributed by atoms with E-state index in [9.17, 15) is 20.1 Å². The summed E-state index contributed by atoms with van der Waals surface area (Å²) in [6.45, 7) is 2.48. The molecule has 0 unspecified atom stereocenters. The molecule has 0 atom stereocenters. The molecule has 4 N–H and O–H groups in total. The zero-order valence-corrected chi connectivity index (χ0v) is 17.0. The minimum Gasteiger partial charge on any atom is -0.504 e. The number of amides is 2. The topological polar surface area (TPSA) is 96.3 Å².